The third kappa shape index (κ3) is 5.05. The first-order chi connectivity index (χ1) is 16.2. The first-order valence-electron chi connectivity index (χ1n) is 11.0. The van der Waals surface area contributed by atoms with E-state index in [4.69, 9.17) is 9.72 Å². The lowest BCUT2D eigenvalue weighted by Gasteiger charge is -2.26. The molecule has 170 valence electrons. The van der Waals surface area contributed by atoms with Crippen molar-refractivity contribution in [2.45, 2.75) is 24.5 Å². The number of nitrogens with zero attached hydrogens (tertiary/aromatic N) is 5. The van der Waals surface area contributed by atoms with Crippen molar-refractivity contribution in [2.24, 2.45) is 0 Å². The highest BCUT2D eigenvalue weighted by Crippen LogP contribution is 2.28. The Morgan fingerprint density at radius 3 is 2.67 bits per heavy atom. The largest absolute Gasteiger partial charge is 0.378 e. The third-order valence-electron chi connectivity index (χ3n) is 5.74. The molecule has 1 amide bonds. The molecule has 33 heavy (non-hydrogen) atoms. The number of aromatic nitrogens is 4. The Morgan fingerprint density at radius 2 is 1.85 bits per heavy atom. The number of carbonyl (C=O) groups excluding carboxylic acids is 1. The highest BCUT2D eigenvalue weighted by Gasteiger charge is 2.17. The maximum absolute atomic E-state index is 12.3. The van der Waals surface area contributed by atoms with E-state index in [0.717, 1.165) is 38.7 Å². The summed E-state index contributed by atoms with van der Waals surface area (Å²) in [6.07, 6.45) is 1.32. The van der Waals surface area contributed by atoms with Crippen LogP contribution in [0.5, 0.6) is 0 Å². The van der Waals surface area contributed by atoms with Crippen LogP contribution in [0, 0.1) is 0 Å². The van der Waals surface area contributed by atoms with Gasteiger partial charge in [-0.25, -0.2) is 4.98 Å². The van der Waals surface area contributed by atoms with Gasteiger partial charge in [-0.2, -0.15) is 0 Å². The van der Waals surface area contributed by atoms with E-state index in [-0.39, 0.29) is 5.91 Å². The van der Waals surface area contributed by atoms with Gasteiger partial charge in [-0.3, -0.25) is 4.79 Å². The number of hydrogen-bond acceptors (Lipinski definition) is 6. The maximum atomic E-state index is 12.3. The summed E-state index contributed by atoms with van der Waals surface area (Å²) in [4.78, 5) is 19.1. The van der Waals surface area contributed by atoms with E-state index < -0.39 is 0 Å². The van der Waals surface area contributed by atoms with Gasteiger partial charge in [0, 0.05) is 41.7 Å². The SMILES string of the molecule is O=C(CCCSc1nnc2c3ccccc3n(Cc3ccc(Br)cc3)c2n1)N1CCOCC1. The number of para-hydroxylation sites is 1. The number of rotatable bonds is 7. The molecule has 3 heterocycles. The summed E-state index contributed by atoms with van der Waals surface area (Å²) in [5.41, 5.74) is 3.93. The van der Waals surface area contributed by atoms with Crippen molar-refractivity contribution >= 4 is 55.7 Å². The summed E-state index contributed by atoms with van der Waals surface area (Å²) in [7, 11) is 0. The second kappa shape index (κ2) is 10.2. The van der Waals surface area contributed by atoms with Gasteiger partial charge < -0.3 is 14.2 Å². The summed E-state index contributed by atoms with van der Waals surface area (Å²) >= 11 is 5.06. The van der Waals surface area contributed by atoms with Crippen molar-refractivity contribution in [1.82, 2.24) is 24.6 Å². The molecule has 7 nitrogen and oxygen atoms in total. The van der Waals surface area contributed by atoms with Gasteiger partial charge in [0.1, 0.15) is 5.52 Å². The van der Waals surface area contributed by atoms with E-state index in [1.807, 2.05) is 17.0 Å². The summed E-state index contributed by atoms with van der Waals surface area (Å²) in [6, 6.07) is 16.5. The molecule has 9 heteroatoms. The summed E-state index contributed by atoms with van der Waals surface area (Å²) in [5, 5.41) is 10.6. The number of benzene rings is 2. The quantitative estimate of drug-likeness (QED) is 0.261. The topological polar surface area (TPSA) is 73.1 Å². The molecule has 1 fully saturated rings. The zero-order valence-corrected chi connectivity index (χ0v) is 20.5. The predicted octanol–water partition coefficient (Wildman–Crippen LogP) is 4.52. The second-order valence-electron chi connectivity index (χ2n) is 7.94. The van der Waals surface area contributed by atoms with E-state index >= 15 is 0 Å². The van der Waals surface area contributed by atoms with Gasteiger partial charge in [-0.05, 0) is 30.2 Å². The Balaban J connectivity index is 1.32. The Kier molecular flexibility index (Phi) is 6.89. The molecule has 1 aliphatic heterocycles. The van der Waals surface area contributed by atoms with Gasteiger partial charge in [0.15, 0.2) is 5.65 Å². The van der Waals surface area contributed by atoms with E-state index in [0.29, 0.717) is 44.4 Å². The fourth-order valence-corrected chi connectivity index (χ4v) is 5.03. The van der Waals surface area contributed by atoms with Crippen LogP contribution in [0.25, 0.3) is 22.1 Å². The molecule has 1 aliphatic rings. The molecule has 5 rings (SSSR count). The summed E-state index contributed by atoms with van der Waals surface area (Å²) in [5.74, 6) is 0.971. The fourth-order valence-electron chi connectivity index (χ4n) is 4.04. The number of hydrogen-bond donors (Lipinski definition) is 0. The van der Waals surface area contributed by atoms with Crippen LogP contribution in [0.15, 0.2) is 58.2 Å². The lowest BCUT2D eigenvalue weighted by Crippen LogP contribution is -2.40. The first kappa shape index (κ1) is 22.3. The lowest BCUT2D eigenvalue weighted by atomic mass is 10.2. The van der Waals surface area contributed by atoms with Gasteiger partial charge in [0.05, 0.1) is 18.7 Å². The minimum Gasteiger partial charge on any atom is -0.378 e. The van der Waals surface area contributed by atoms with E-state index in [2.05, 4.69) is 67.1 Å². The molecule has 2 aromatic heterocycles. The second-order valence-corrected chi connectivity index (χ2v) is 9.92. The number of ether oxygens (including phenoxy) is 1. The van der Waals surface area contributed by atoms with Crippen LogP contribution in [-0.4, -0.2) is 62.6 Å². The van der Waals surface area contributed by atoms with Crippen LogP contribution in [0.1, 0.15) is 18.4 Å². The standard InChI is InChI=1S/C24H24BrN5O2S/c25-18-9-7-17(8-10-18)16-30-20-5-2-1-4-19(20)22-23(30)26-24(28-27-22)33-15-3-6-21(31)29-11-13-32-14-12-29/h1-2,4-5,7-10H,3,6,11-16H2. The summed E-state index contributed by atoms with van der Waals surface area (Å²) < 4.78 is 8.58. The van der Waals surface area contributed by atoms with E-state index in [1.54, 1.807) is 11.8 Å². The van der Waals surface area contributed by atoms with Crippen LogP contribution in [0.4, 0.5) is 0 Å². The van der Waals surface area contributed by atoms with E-state index in [1.165, 1.54) is 5.56 Å². The monoisotopic (exact) mass is 525 g/mol. The molecule has 0 spiro atoms. The number of morpholine rings is 1. The minimum atomic E-state index is 0.197. The zero-order chi connectivity index (χ0) is 22.6. The van der Waals surface area contributed by atoms with Crippen LogP contribution >= 0.6 is 27.7 Å². The fraction of sp³-hybridized carbons (Fsp3) is 0.333. The molecule has 0 atom stereocenters. The Hall–Kier alpha value is -2.49. The normalized spacial score (nSPS) is 14.3. The minimum absolute atomic E-state index is 0.197. The van der Waals surface area contributed by atoms with Gasteiger partial charge in [-0.15, -0.1) is 10.2 Å². The van der Waals surface area contributed by atoms with Crippen LogP contribution < -0.4 is 0 Å². The number of amides is 1. The van der Waals surface area contributed by atoms with Crippen molar-refractivity contribution in [1.29, 1.82) is 0 Å². The number of fused-ring (bicyclic) bond motifs is 3. The molecule has 2 aromatic carbocycles. The highest BCUT2D eigenvalue weighted by atomic mass is 79.9. The van der Waals surface area contributed by atoms with Gasteiger partial charge in [0.25, 0.3) is 0 Å². The molecule has 0 bridgehead atoms. The Bertz CT molecular complexity index is 1270. The lowest BCUT2D eigenvalue weighted by molar-refractivity contribution is -0.135. The average molecular weight is 526 g/mol. The summed E-state index contributed by atoms with van der Waals surface area (Å²) in [6.45, 7) is 3.36. The Morgan fingerprint density at radius 1 is 1.06 bits per heavy atom. The van der Waals surface area contributed by atoms with Gasteiger partial charge in [-0.1, -0.05) is 58.0 Å². The van der Waals surface area contributed by atoms with Gasteiger partial charge >= 0.3 is 0 Å². The molecule has 0 saturated carbocycles. The average Bonchev–Trinajstić information content (AvgIpc) is 3.16. The first-order valence-corrected chi connectivity index (χ1v) is 12.8. The van der Waals surface area contributed by atoms with Crippen LogP contribution in [0.2, 0.25) is 0 Å². The predicted molar refractivity (Wildman–Crippen MR) is 133 cm³/mol. The maximum Gasteiger partial charge on any atom is 0.222 e. The number of halogens is 1. The third-order valence-corrected chi connectivity index (χ3v) is 7.19. The van der Waals surface area contributed by atoms with Crippen molar-refractivity contribution in [3.63, 3.8) is 0 Å². The molecule has 0 aliphatic carbocycles. The molecular formula is C24H24BrN5O2S. The smallest absolute Gasteiger partial charge is 0.222 e. The molecule has 4 aromatic rings. The van der Waals surface area contributed by atoms with E-state index in [9.17, 15) is 4.79 Å². The Labute approximate surface area is 204 Å². The van der Waals surface area contributed by atoms with Crippen molar-refractivity contribution in [3.8, 4) is 0 Å². The van der Waals surface area contributed by atoms with Crippen LogP contribution in [-0.2, 0) is 16.1 Å². The van der Waals surface area contributed by atoms with Crippen molar-refractivity contribution in [3.05, 3.63) is 58.6 Å². The van der Waals surface area contributed by atoms with Gasteiger partial charge in [0.2, 0.25) is 11.1 Å². The molecular weight excluding hydrogens is 502 g/mol. The molecule has 0 radical (unpaired) electrons. The molecule has 1 saturated heterocycles. The number of carbonyl (C=O) groups is 1. The zero-order valence-electron chi connectivity index (χ0n) is 18.1. The highest BCUT2D eigenvalue weighted by molar-refractivity contribution is 9.10. The molecule has 0 unspecified atom stereocenters. The number of thioether (sulfide) groups is 1. The van der Waals surface area contributed by atoms with Crippen LogP contribution in [0.3, 0.4) is 0 Å². The molecule has 0 N–H and O–H groups in total. The van der Waals surface area contributed by atoms with Crippen molar-refractivity contribution in [2.75, 3.05) is 32.1 Å². The van der Waals surface area contributed by atoms with Crippen molar-refractivity contribution < 1.29 is 9.53 Å².